The van der Waals surface area contributed by atoms with Crippen molar-refractivity contribution >= 4 is 23.3 Å². The zero-order valence-electron chi connectivity index (χ0n) is 7.98. The van der Waals surface area contributed by atoms with Gasteiger partial charge in [-0.3, -0.25) is 0 Å². The highest BCUT2D eigenvalue weighted by molar-refractivity contribution is 6.40. The molecule has 0 bridgehead atoms. The molecule has 78 valence electrons. The fraction of sp³-hybridized carbons (Fsp3) is 0.222. The zero-order chi connectivity index (χ0) is 11.3. The summed E-state index contributed by atoms with van der Waals surface area (Å²) >= 11 is 5.63. The standard InChI is InChI=1S/C9H8ClN3O2/c1-2-15-9(14)8(13-11)6-4-3-5-7(10)12-6/h3-5H,2H2,1H3. The van der Waals surface area contributed by atoms with E-state index < -0.39 is 5.97 Å². The molecule has 0 aliphatic carbocycles. The molecule has 0 aromatic carbocycles. The van der Waals surface area contributed by atoms with Gasteiger partial charge < -0.3 is 10.3 Å². The first-order chi connectivity index (χ1) is 7.19. The van der Waals surface area contributed by atoms with Crippen LogP contribution in [0.25, 0.3) is 5.53 Å². The van der Waals surface area contributed by atoms with Crippen molar-refractivity contribution < 1.29 is 14.3 Å². The van der Waals surface area contributed by atoms with Crippen LogP contribution in [0, 0.1) is 0 Å². The fourth-order valence-corrected chi connectivity index (χ4v) is 1.10. The SMILES string of the molecule is CCOC(=O)C(=[N+]=[N-])c1cccc(Cl)n1. The molecule has 0 radical (unpaired) electrons. The van der Waals surface area contributed by atoms with Crippen LogP contribution < -0.4 is 0 Å². The fourth-order valence-electron chi connectivity index (χ4n) is 0.936. The lowest BCUT2D eigenvalue weighted by Gasteiger charge is -1.97. The van der Waals surface area contributed by atoms with Crippen molar-refractivity contribution in [2.75, 3.05) is 6.61 Å². The third-order valence-electron chi connectivity index (χ3n) is 1.53. The quantitative estimate of drug-likeness (QED) is 0.256. The number of halogens is 1. The Morgan fingerprint density at radius 3 is 2.93 bits per heavy atom. The Morgan fingerprint density at radius 1 is 1.67 bits per heavy atom. The Balaban J connectivity index is 3.04. The first kappa shape index (κ1) is 11.4. The van der Waals surface area contributed by atoms with Gasteiger partial charge in [-0.25, -0.2) is 9.78 Å². The average molecular weight is 226 g/mol. The van der Waals surface area contributed by atoms with E-state index in [0.717, 1.165) is 0 Å². The Hall–Kier alpha value is -1.71. The van der Waals surface area contributed by atoms with Gasteiger partial charge in [-0.15, -0.1) is 0 Å². The van der Waals surface area contributed by atoms with Crippen molar-refractivity contribution in [2.45, 2.75) is 6.92 Å². The number of rotatable bonds is 3. The topological polar surface area (TPSA) is 75.6 Å². The van der Waals surface area contributed by atoms with E-state index in [1.54, 1.807) is 19.1 Å². The summed E-state index contributed by atoms with van der Waals surface area (Å²) in [4.78, 5) is 18.0. The van der Waals surface area contributed by atoms with Gasteiger partial charge in [-0.1, -0.05) is 17.7 Å². The number of hydrogen-bond acceptors (Lipinski definition) is 3. The van der Waals surface area contributed by atoms with Gasteiger partial charge in [0.25, 0.3) is 0 Å². The highest BCUT2D eigenvalue weighted by Gasteiger charge is 2.25. The second-order valence-electron chi connectivity index (χ2n) is 2.51. The Morgan fingerprint density at radius 2 is 2.40 bits per heavy atom. The molecule has 15 heavy (non-hydrogen) atoms. The summed E-state index contributed by atoms with van der Waals surface area (Å²) in [6.07, 6.45) is 0. The van der Waals surface area contributed by atoms with Gasteiger partial charge >= 0.3 is 11.7 Å². The minimum atomic E-state index is -0.741. The maximum atomic E-state index is 11.3. The number of carbonyl (C=O) groups is 1. The number of carbonyl (C=O) groups excluding carboxylic acids is 1. The molecule has 0 aliphatic rings. The third-order valence-corrected chi connectivity index (χ3v) is 1.74. The maximum Gasteiger partial charge on any atom is 0.424 e. The summed E-state index contributed by atoms with van der Waals surface area (Å²) < 4.78 is 4.68. The van der Waals surface area contributed by atoms with E-state index in [2.05, 4.69) is 14.5 Å². The lowest BCUT2D eigenvalue weighted by molar-refractivity contribution is -0.139. The molecule has 6 heteroatoms. The molecule has 0 atom stereocenters. The van der Waals surface area contributed by atoms with E-state index in [1.807, 2.05) is 0 Å². The van der Waals surface area contributed by atoms with Gasteiger partial charge in [0.2, 0.25) is 0 Å². The molecule has 5 nitrogen and oxygen atoms in total. The summed E-state index contributed by atoms with van der Waals surface area (Å²) in [6.45, 7) is 1.84. The van der Waals surface area contributed by atoms with Crippen molar-refractivity contribution in [3.63, 3.8) is 0 Å². The highest BCUT2D eigenvalue weighted by atomic mass is 35.5. The van der Waals surface area contributed by atoms with Gasteiger partial charge in [0.05, 0.1) is 6.61 Å². The second-order valence-corrected chi connectivity index (χ2v) is 2.90. The average Bonchev–Trinajstić information content (AvgIpc) is 2.19. The minimum Gasteiger partial charge on any atom is -0.457 e. The minimum absolute atomic E-state index is 0.170. The molecule has 1 aromatic rings. The number of aromatic nitrogens is 1. The van der Waals surface area contributed by atoms with Crippen LogP contribution in [0.15, 0.2) is 18.2 Å². The number of esters is 1. The first-order valence-electron chi connectivity index (χ1n) is 4.21. The molecule has 0 saturated heterocycles. The monoisotopic (exact) mass is 225 g/mol. The molecule has 0 unspecified atom stereocenters. The van der Waals surface area contributed by atoms with Crippen LogP contribution in [0.5, 0.6) is 0 Å². The van der Waals surface area contributed by atoms with Crippen LogP contribution in [0.3, 0.4) is 0 Å². The number of hydrogen-bond donors (Lipinski definition) is 0. The van der Waals surface area contributed by atoms with Crippen molar-refractivity contribution in [1.82, 2.24) is 4.98 Å². The van der Waals surface area contributed by atoms with Gasteiger partial charge in [-0.2, -0.15) is 4.79 Å². The maximum absolute atomic E-state index is 11.3. The van der Waals surface area contributed by atoms with Crippen LogP contribution in [0.4, 0.5) is 0 Å². The lowest BCUT2D eigenvalue weighted by Crippen LogP contribution is -2.20. The van der Waals surface area contributed by atoms with Crippen molar-refractivity contribution in [1.29, 1.82) is 0 Å². The van der Waals surface area contributed by atoms with E-state index in [0.29, 0.717) is 0 Å². The summed E-state index contributed by atoms with van der Waals surface area (Å²) in [5.74, 6) is -0.741. The Bertz CT molecular complexity index is 427. The van der Waals surface area contributed by atoms with E-state index in [4.69, 9.17) is 17.1 Å². The third kappa shape index (κ3) is 2.87. The summed E-state index contributed by atoms with van der Waals surface area (Å²) in [5, 5.41) is 0.206. The number of ether oxygens (including phenoxy) is 1. The molecule has 1 aromatic heterocycles. The predicted molar refractivity (Wildman–Crippen MR) is 53.6 cm³/mol. The first-order valence-corrected chi connectivity index (χ1v) is 4.59. The van der Waals surface area contributed by atoms with E-state index in [1.165, 1.54) is 6.07 Å². The Labute approximate surface area is 91.3 Å². The van der Waals surface area contributed by atoms with Crippen LogP contribution in [-0.2, 0) is 9.53 Å². The molecule has 1 rings (SSSR count). The largest absolute Gasteiger partial charge is 0.457 e. The molecule has 0 amide bonds. The second kappa shape index (κ2) is 5.24. The van der Waals surface area contributed by atoms with Crippen LogP contribution in [0.1, 0.15) is 12.6 Å². The molecular formula is C9H8ClN3O2. The number of nitrogens with zero attached hydrogens (tertiary/aromatic N) is 3. The number of pyridine rings is 1. The van der Waals surface area contributed by atoms with Gasteiger partial charge in [0, 0.05) is 0 Å². The Kier molecular flexibility index (Phi) is 3.97. The van der Waals surface area contributed by atoms with Gasteiger partial charge in [-0.05, 0) is 19.1 Å². The molecule has 1 heterocycles. The molecule has 0 aliphatic heterocycles. The van der Waals surface area contributed by atoms with Crippen LogP contribution >= 0.6 is 11.6 Å². The normalized spacial score (nSPS) is 9.20. The summed E-state index contributed by atoms with van der Waals surface area (Å²) in [5.41, 5.74) is 8.58. The van der Waals surface area contributed by atoms with E-state index in [9.17, 15) is 4.79 Å². The molecule has 0 saturated carbocycles. The lowest BCUT2D eigenvalue weighted by atomic mass is 10.2. The predicted octanol–water partition coefficient (Wildman–Crippen LogP) is 1.32. The van der Waals surface area contributed by atoms with E-state index in [-0.39, 0.29) is 23.2 Å². The molecule has 0 fully saturated rings. The van der Waals surface area contributed by atoms with Crippen molar-refractivity contribution in [3.8, 4) is 0 Å². The molecule has 0 N–H and O–H groups in total. The summed E-state index contributed by atoms with van der Waals surface area (Å²) in [7, 11) is 0. The van der Waals surface area contributed by atoms with Crippen LogP contribution in [-0.4, -0.2) is 28.1 Å². The van der Waals surface area contributed by atoms with Crippen molar-refractivity contribution in [3.05, 3.63) is 34.6 Å². The highest BCUT2D eigenvalue weighted by Crippen LogP contribution is 2.06. The van der Waals surface area contributed by atoms with Gasteiger partial charge in [0.1, 0.15) is 5.15 Å². The summed E-state index contributed by atoms with van der Waals surface area (Å²) in [6, 6.07) is 4.64. The van der Waals surface area contributed by atoms with Gasteiger partial charge in [0.15, 0.2) is 5.69 Å². The molecule has 0 spiro atoms. The molecular weight excluding hydrogens is 218 g/mol. The zero-order valence-corrected chi connectivity index (χ0v) is 8.73. The van der Waals surface area contributed by atoms with Crippen LogP contribution in [0.2, 0.25) is 5.15 Å². The smallest absolute Gasteiger partial charge is 0.424 e. The van der Waals surface area contributed by atoms with Crippen molar-refractivity contribution in [2.24, 2.45) is 0 Å². The van der Waals surface area contributed by atoms with E-state index >= 15 is 0 Å².